The number of aliphatic imine (C=N–C) groups is 1. The van der Waals surface area contributed by atoms with Crippen LogP contribution in [-0.2, 0) is 4.74 Å². The number of hydrogen-bond donors (Lipinski definition) is 2. The molecule has 5 heteroatoms. The summed E-state index contributed by atoms with van der Waals surface area (Å²) >= 11 is 0. The first kappa shape index (κ1) is 18.2. The van der Waals surface area contributed by atoms with Gasteiger partial charge in [-0.15, -0.1) is 0 Å². The van der Waals surface area contributed by atoms with E-state index in [9.17, 15) is 0 Å². The van der Waals surface area contributed by atoms with Crippen LogP contribution in [0.1, 0.15) is 33.6 Å². The second-order valence-corrected chi connectivity index (χ2v) is 4.41. The topological polar surface area (TPSA) is 48.9 Å². The number of methoxy groups -OCH3 is 1. The summed E-state index contributed by atoms with van der Waals surface area (Å²) in [5.74, 6) is 0.915. The molecule has 0 aliphatic carbocycles. The Kier molecular flexibility index (Phi) is 13.0. The van der Waals surface area contributed by atoms with Crippen molar-refractivity contribution in [1.29, 1.82) is 0 Å². The van der Waals surface area contributed by atoms with Crippen LogP contribution in [0.25, 0.3) is 0 Å². The SMILES string of the molecule is CCNC(=NCCCOC)NCCCN(CC)CC. The molecule has 0 heterocycles. The quantitative estimate of drug-likeness (QED) is 0.338. The lowest BCUT2D eigenvalue weighted by Gasteiger charge is -2.18. The molecule has 19 heavy (non-hydrogen) atoms. The van der Waals surface area contributed by atoms with Crippen molar-refractivity contribution in [1.82, 2.24) is 15.5 Å². The van der Waals surface area contributed by atoms with Crippen molar-refractivity contribution in [2.75, 3.05) is 53.0 Å². The van der Waals surface area contributed by atoms with Gasteiger partial charge in [0.2, 0.25) is 0 Å². The van der Waals surface area contributed by atoms with Crippen LogP contribution in [0.5, 0.6) is 0 Å². The van der Waals surface area contributed by atoms with Crippen LogP contribution in [-0.4, -0.2) is 63.8 Å². The van der Waals surface area contributed by atoms with Crippen LogP contribution in [0, 0.1) is 0 Å². The maximum absolute atomic E-state index is 5.02. The molecule has 0 atom stereocenters. The predicted octanol–water partition coefficient (Wildman–Crippen LogP) is 1.31. The highest BCUT2D eigenvalue weighted by atomic mass is 16.5. The van der Waals surface area contributed by atoms with E-state index in [-0.39, 0.29) is 0 Å². The third kappa shape index (κ3) is 10.8. The van der Waals surface area contributed by atoms with E-state index in [0.717, 1.165) is 64.7 Å². The molecule has 0 aromatic carbocycles. The Balaban J connectivity index is 3.80. The molecule has 0 bridgehead atoms. The number of nitrogens with zero attached hydrogens (tertiary/aromatic N) is 2. The first-order chi connectivity index (χ1) is 9.28. The molecule has 0 rings (SSSR count). The highest BCUT2D eigenvalue weighted by molar-refractivity contribution is 5.79. The molecular formula is C14H32N4O. The van der Waals surface area contributed by atoms with Gasteiger partial charge in [0.05, 0.1) is 0 Å². The first-order valence-electron chi connectivity index (χ1n) is 7.51. The third-order valence-electron chi connectivity index (χ3n) is 2.96. The summed E-state index contributed by atoms with van der Waals surface area (Å²) in [5.41, 5.74) is 0. The second-order valence-electron chi connectivity index (χ2n) is 4.41. The van der Waals surface area contributed by atoms with E-state index in [0.29, 0.717) is 0 Å². The van der Waals surface area contributed by atoms with Gasteiger partial charge in [0.1, 0.15) is 0 Å². The van der Waals surface area contributed by atoms with Crippen LogP contribution in [0.3, 0.4) is 0 Å². The fraction of sp³-hybridized carbons (Fsp3) is 0.929. The minimum Gasteiger partial charge on any atom is -0.385 e. The minimum atomic E-state index is 0.769. The lowest BCUT2D eigenvalue weighted by molar-refractivity contribution is 0.197. The molecule has 0 spiro atoms. The van der Waals surface area contributed by atoms with Crippen molar-refractivity contribution >= 4 is 5.96 Å². The van der Waals surface area contributed by atoms with E-state index >= 15 is 0 Å². The second kappa shape index (κ2) is 13.6. The lowest BCUT2D eigenvalue weighted by Crippen LogP contribution is -2.39. The zero-order valence-electron chi connectivity index (χ0n) is 13.2. The standard InChI is InChI=1S/C14H32N4O/c1-5-15-14(17-11-9-13-19-4)16-10-8-12-18(6-2)7-3/h5-13H2,1-4H3,(H2,15,16,17). The molecule has 0 radical (unpaired) electrons. The summed E-state index contributed by atoms with van der Waals surface area (Å²) < 4.78 is 5.02. The molecule has 5 nitrogen and oxygen atoms in total. The summed E-state index contributed by atoms with van der Waals surface area (Å²) in [5, 5.41) is 6.63. The van der Waals surface area contributed by atoms with Crippen molar-refractivity contribution in [3.63, 3.8) is 0 Å². The van der Waals surface area contributed by atoms with Gasteiger partial charge >= 0.3 is 0 Å². The van der Waals surface area contributed by atoms with E-state index in [1.807, 2.05) is 0 Å². The van der Waals surface area contributed by atoms with E-state index in [1.54, 1.807) is 7.11 Å². The van der Waals surface area contributed by atoms with Crippen LogP contribution in [0.2, 0.25) is 0 Å². The predicted molar refractivity (Wildman–Crippen MR) is 82.9 cm³/mol. The summed E-state index contributed by atoms with van der Waals surface area (Å²) in [6.45, 7) is 13.3. The van der Waals surface area contributed by atoms with Crippen molar-refractivity contribution < 1.29 is 4.74 Å². The Morgan fingerprint density at radius 1 is 1.11 bits per heavy atom. The number of ether oxygens (including phenoxy) is 1. The monoisotopic (exact) mass is 272 g/mol. The van der Waals surface area contributed by atoms with E-state index in [4.69, 9.17) is 4.74 Å². The summed E-state index contributed by atoms with van der Waals surface area (Å²) in [7, 11) is 1.72. The van der Waals surface area contributed by atoms with Crippen molar-refractivity contribution in [3.05, 3.63) is 0 Å². The van der Waals surface area contributed by atoms with Crippen LogP contribution < -0.4 is 10.6 Å². The molecule has 0 aliphatic rings. The molecular weight excluding hydrogens is 240 g/mol. The Morgan fingerprint density at radius 3 is 2.42 bits per heavy atom. The van der Waals surface area contributed by atoms with Crippen molar-refractivity contribution in [2.24, 2.45) is 4.99 Å². The average Bonchev–Trinajstić information content (AvgIpc) is 2.43. The highest BCUT2D eigenvalue weighted by Crippen LogP contribution is 1.89. The molecule has 0 saturated heterocycles. The van der Waals surface area contributed by atoms with Crippen LogP contribution in [0.15, 0.2) is 4.99 Å². The zero-order valence-corrected chi connectivity index (χ0v) is 13.2. The first-order valence-corrected chi connectivity index (χ1v) is 7.51. The van der Waals surface area contributed by atoms with Gasteiger partial charge in [-0.05, 0) is 39.4 Å². The molecule has 0 unspecified atom stereocenters. The smallest absolute Gasteiger partial charge is 0.191 e. The number of guanidine groups is 1. The summed E-state index contributed by atoms with van der Waals surface area (Å²) in [6, 6.07) is 0. The fourth-order valence-electron chi connectivity index (χ4n) is 1.79. The minimum absolute atomic E-state index is 0.769. The fourth-order valence-corrected chi connectivity index (χ4v) is 1.79. The number of nitrogens with one attached hydrogen (secondary N) is 2. The van der Waals surface area contributed by atoms with Gasteiger partial charge in [-0.1, -0.05) is 13.8 Å². The van der Waals surface area contributed by atoms with Gasteiger partial charge in [-0.25, -0.2) is 0 Å². The molecule has 0 fully saturated rings. The van der Waals surface area contributed by atoms with Gasteiger partial charge < -0.3 is 20.3 Å². The molecule has 0 amide bonds. The Hall–Kier alpha value is -0.810. The maximum Gasteiger partial charge on any atom is 0.191 e. The van der Waals surface area contributed by atoms with Gasteiger partial charge in [0, 0.05) is 33.4 Å². The van der Waals surface area contributed by atoms with Crippen LogP contribution in [0.4, 0.5) is 0 Å². The van der Waals surface area contributed by atoms with Crippen molar-refractivity contribution in [3.8, 4) is 0 Å². The molecule has 0 aliphatic heterocycles. The molecule has 0 aromatic rings. The van der Waals surface area contributed by atoms with E-state index < -0.39 is 0 Å². The summed E-state index contributed by atoms with van der Waals surface area (Å²) in [4.78, 5) is 6.94. The number of hydrogen-bond acceptors (Lipinski definition) is 3. The van der Waals surface area contributed by atoms with Gasteiger partial charge in [0.15, 0.2) is 5.96 Å². The zero-order chi connectivity index (χ0) is 14.3. The third-order valence-corrected chi connectivity index (χ3v) is 2.96. The van der Waals surface area contributed by atoms with E-state index in [1.165, 1.54) is 0 Å². The Labute approximate surface area is 118 Å². The normalized spacial score (nSPS) is 11.9. The molecule has 2 N–H and O–H groups in total. The van der Waals surface area contributed by atoms with Gasteiger partial charge in [0.25, 0.3) is 0 Å². The Bertz CT molecular complexity index is 217. The van der Waals surface area contributed by atoms with Gasteiger partial charge in [-0.2, -0.15) is 0 Å². The number of rotatable bonds is 11. The van der Waals surface area contributed by atoms with Crippen molar-refractivity contribution in [2.45, 2.75) is 33.6 Å². The molecule has 0 saturated carbocycles. The summed E-state index contributed by atoms with van der Waals surface area (Å²) in [6.07, 6.45) is 2.11. The van der Waals surface area contributed by atoms with Crippen LogP contribution >= 0.6 is 0 Å². The maximum atomic E-state index is 5.02. The Morgan fingerprint density at radius 2 is 1.84 bits per heavy atom. The largest absolute Gasteiger partial charge is 0.385 e. The van der Waals surface area contributed by atoms with E-state index in [2.05, 4.69) is 41.3 Å². The van der Waals surface area contributed by atoms with Gasteiger partial charge in [-0.3, -0.25) is 4.99 Å². The highest BCUT2D eigenvalue weighted by Gasteiger charge is 1.99. The lowest BCUT2D eigenvalue weighted by atomic mass is 10.3. The molecule has 0 aromatic heterocycles. The average molecular weight is 272 g/mol. The molecule has 114 valence electrons.